The molecule has 1 fully saturated rings. The fourth-order valence-electron chi connectivity index (χ4n) is 3.88. The molecule has 1 heterocycles. The molecule has 1 unspecified atom stereocenters. The first-order chi connectivity index (χ1) is 15.7. The first-order valence-corrected chi connectivity index (χ1v) is 10.8. The molecule has 1 aliphatic heterocycles. The van der Waals surface area contributed by atoms with Crippen molar-refractivity contribution in [2.75, 3.05) is 19.6 Å². The third-order valence-corrected chi connectivity index (χ3v) is 6.08. The van der Waals surface area contributed by atoms with Crippen LogP contribution in [-0.4, -0.2) is 54.5 Å². The van der Waals surface area contributed by atoms with Crippen molar-refractivity contribution in [2.24, 2.45) is 0 Å². The van der Waals surface area contributed by atoms with Gasteiger partial charge >= 0.3 is 18.3 Å². The highest BCUT2D eigenvalue weighted by atomic mass is 35.5. The molecule has 0 radical (unpaired) electrons. The van der Waals surface area contributed by atoms with E-state index in [4.69, 9.17) is 23.2 Å². The van der Waals surface area contributed by atoms with Crippen molar-refractivity contribution in [3.63, 3.8) is 0 Å². The second-order valence-corrected chi connectivity index (χ2v) is 8.89. The molecule has 1 atom stereocenters. The van der Waals surface area contributed by atoms with Gasteiger partial charge < -0.3 is 10.1 Å². The zero-order valence-electron chi connectivity index (χ0n) is 17.7. The van der Waals surface area contributed by atoms with E-state index in [-0.39, 0.29) is 13.1 Å². The Bertz CT molecular complexity index is 939. The molecule has 4 nitrogen and oxygen atoms in total. The lowest BCUT2D eigenvalue weighted by molar-refractivity contribution is -0.315. The fourth-order valence-corrected chi connectivity index (χ4v) is 4.13. The second-order valence-electron chi connectivity index (χ2n) is 8.02. The van der Waals surface area contributed by atoms with E-state index in [1.54, 1.807) is 48.5 Å². The van der Waals surface area contributed by atoms with Crippen LogP contribution in [0.1, 0.15) is 24.1 Å². The van der Waals surface area contributed by atoms with Gasteiger partial charge in [-0.15, -0.1) is 0 Å². The molecule has 2 aromatic carbocycles. The summed E-state index contributed by atoms with van der Waals surface area (Å²) in [5, 5.41) is 3.73. The molecule has 0 bridgehead atoms. The number of alkyl halides is 6. The normalized spacial score (nSPS) is 20.1. The summed E-state index contributed by atoms with van der Waals surface area (Å²) < 4.78 is 82.6. The van der Waals surface area contributed by atoms with Crippen LogP contribution in [0.2, 0.25) is 10.0 Å². The molecule has 0 aromatic heterocycles. The van der Waals surface area contributed by atoms with Gasteiger partial charge in [-0.05, 0) is 42.3 Å². The molecule has 0 spiro atoms. The SMILES string of the molecule is CC1(C(=O)OC(C(F)(F)F)C(F)(F)F)CNCCN1C(c1ccc(Cl)cc1)c1ccc(Cl)cc1. The Kier molecular flexibility index (Phi) is 7.76. The van der Waals surface area contributed by atoms with Gasteiger partial charge in [0, 0.05) is 29.7 Å². The van der Waals surface area contributed by atoms with Crippen LogP contribution in [0.4, 0.5) is 26.3 Å². The van der Waals surface area contributed by atoms with Gasteiger partial charge in [0.25, 0.3) is 6.10 Å². The Balaban J connectivity index is 2.06. The summed E-state index contributed by atoms with van der Waals surface area (Å²) in [6.45, 7) is 1.49. The topological polar surface area (TPSA) is 41.6 Å². The van der Waals surface area contributed by atoms with Crippen LogP contribution in [0, 0.1) is 0 Å². The number of carbonyl (C=O) groups excluding carboxylic acids is 1. The minimum Gasteiger partial charge on any atom is -0.441 e. The molecule has 0 aliphatic carbocycles. The number of piperazine rings is 1. The number of hydrogen-bond donors (Lipinski definition) is 1. The summed E-state index contributed by atoms with van der Waals surface area (Å²) in [6, 6.07) is 12.4. The van der Waals surface area contributed by atoms with Gasteiger partial charge in [-0.25, -0.2) is 4.79 Å². The molecule has 3 rings (SSSR count). The Labute approximate surface area is 201 Å². The van der Waals surface area contributed by atoms with Crippen LogP contribution in [0.5, 0.6) is 0 Å². The highest BCUT2D eigenvalue weighted by Crippen LogP contribution is 2.40. The zero-order valence-corrected chi connectivity index (χ0v) is 19.2. The predicted molar refractivity (Wildman–Crippen MR) is 115 cm³/mol. The second kappa shape index (κ2) is 9.93. The monoisotopic (exact) mass is 528 g/mol. The van der Waals surface area contributed by atoms with Crippen molar-refractivity contribution < 1.29 is 35.9 Å². The minimum absolute atomic E-state index is 0.129. The van der Waals surface area contributed by atoms with E-state index in [0.717, 1.165) is 0 Å². The van der Waals surface area contributed by atoms with Crippen molar-refractivity contribution >= 4 is 29.2 Å². The molecule has 34 heavy (non-hydrogen) atoms. The number of benzene rings is 2. The fraction of sp³-hybridized carbons (Fsp3) is 0.409. The van der Waals surface area contributed by atoms with Gasteiger partial charge in [0.1, 0.15) is 5.54 Å². The molecule has 186 valence electrons. The van der Waals surface area contributed by atoms with E-state index >= 15 is 0 Å². The lowest BCUT2D eigenvalue weighted by atomic mass is 9.89. The average molecular weight is 529 g/mol. The van der Waals surface area contributed by atoms with Crippen LogP contribution >= 0.6 is 23.2 Å². The average Bonchev–Trinajstić information content (AvgIpc) is 2.74. The smallest absolute Gasteiger partial charge is 0.434 e. The van der Waals surface area contributed by atoms with Gasteiger partial charge in [-0.1, -0.05) is 47.5 Å². The summed E-state index contributed by atoms with van der Waals surface area (Å²) in [4.78, 5) is 14.5. The maximum Gasteiger partial charge on any atom is 0.434 e. The van der Waals surface area contributed by atoms with Gasteiger partial charge in [0.2, 0.25) is 0 Å². The Morgan fingerprint density at radius 2 is 1.38 bits per heavy atom. The molecule has 12 heteroatoms. The maximum absolute atomic E-state index is 13.1. The van der Waals surface area contributed by atoms with Crippen molar-refractivity contribution in [3.8, 4) is 0 Å². The predicted octanol–water partition coefficient (Wildman–Crippen LogP) is 5.78. The van der Waals surface area contributed by atoms with Crippen LogP contribution in [-0.2, 0) is 9.53 Å². The number of rotatable bonds is 5. The minimum atomic E-state index is -5.82. The third-order valence-electron chi connectivity index (χ3n) is 5.58. The van der Waals surface area contributed by atoms with Crippen LogP contribution < -0.4 is 5.32 Å². The summed E-state index contributed by atoms with van der Waals surface area (Å²) >= 11 is 12.0. The van der Waals surface area contributed by atoms with E-state index in [0.29, 0.717) is 27.7 Å². The molecule has 0 saturated carbocycles. The van der Waals surface area contributed by atoms with Gasteiger partial charge in [-0.3, -0.25) is 4.90 Å². The number of halogens is 8. The Morgan fingerprint density at radius 3 is 1.79 bits per heavy atom. The van der Waals surface area contributed by atoms with Crippen molar-refractivity contribution in [1.29, 1.82) is 0 Å². The largest absolute Gasteiger partial charge is 0.441 e. The Morgan fingerprint density at radius 1 is 0.941 bits per heavy atom. The third kappa shape index (κ3) is 5.79. The van der Waals surface area contributed by atoms with Gasteiger partial charge in [0.15, 0.2) is 0 Å². The number of nitrogens with one attached hydrogen (secondary N) is 1. The highest BCUT2D eigenvalue weighted by Gasteiger charge is 2.61. The van der Waals surface area contributed by atoms with Crippen molar-refractivity contribution in [2.45, 2.75) is 37.0 Å². The Hall–Kier alpha value is -2.01. The van der Waals surface area contributed by atoms with E-state index in [9.17, 15) is 31.1 Å². The lowest BCUT2D eigenvalue weighted by Gasteiger charge is -2.47. The zero-order chi connectivity index (χ0) is 25.3. The number of carbonyl (C=O) groups is 1. The van der Waals surface area contributed by atoms with Crippen molar-refractivity contribution in [1.82, 2.24) is 10.2 Å². The molecule has 0 amide bonds. The maximum atomic E-state index is 13.1. The number of hydrogen-bond acceptors (Lipinski definition) is 4. The first-order valence-electron chi connectivity index (χ1n) is 10.1. The molecule has 1 saturated heterocycles. The highest BCUT2D eigenvalue weighted by molar-refractivity contribution is 6.30. The summed E-state index contributed by atoms with van der Waals surface area (Å²) in [5.41, 5.74) is -0.622. The van der Waals surface area contributed by atoms with E-state index in [1.165, 1.54) is 11.8 Å². The molecular weight excluding hydrogens is 509 g/mol. The molecule has 1 aliphatic rings. The summed E-state index contributed by atoms with van der Waals surface area (Å²) in [6.07, 6.45) is -15.9. The molecular formula is C22H20Cl2F6N2O2. The number of nitrogens with zero attached hydrogens (tertiary/aromatic N) is 1. The number of esters is 1. The van der Waals surface area contributed by atoms with E-state index in [1.807, 2.05) is 0 Å². The van der Waals surface area contributed by atoms with Gasteiger partial charge in [-0.2, -0.15) is 26.3 Å². The van der Waals surface area contributed by atoms with Crippen LogP contribution in [0.15, 0.2) is 48.5 Å². The molecule has 1 N–H and O–H groups in total. The lowest BCUT2D eigenvalue weighted by Crippen LogP contribution is -2.66. The number of ether oxygens (including phenoxy) is 1. The van der Waals surface area contributed by atoms with Crippen LogP contribution in [0.3, 0.4) is 0 Å². The van der Waals surface area contributed by atoms with E-state index in [2.05, 4.69) is 10.1 Å². The quantitative estimate of drug-likeness (QED) is 0.394. The van der Waals surface area contributed by atoms with E-state index < -0.39 is 36.0 Å². The summed E-state index contributed by atoms with van der Waals surface area (Å²) in [5.74, 6) is -1.65. The van der Waals surface area contributed by atoms with Crippen LogP contribution in [0.25, 0.3) is 0 Å². The molecule has 2 aromatic rings. The first kappa shape index (κ1) is 26.6. The van der Waals surface area contributed by atoms with Gasteiger partial charge in [0.05, 0.1) is 6.04 Å². The standard InChI is InChI=1S/C22H20Cl2F6N2O2/c1-20(19(33)34-18(21(25,26)27)22(28,29)30)12-31-10-11-32(20)17(13-2-6-15(23)7-3-13)14-4-8-16(24)9-5-14/h2-9,17-18,31H,10-12H2,1H3. The summed E-state index contributed by atoms with van der Waals surface area (Å²) in [7, 11) is 0. The van der Waals surface area contributed by atoms with Crippen molar-refractivity contribution in [3.05, 3.63) is 69.7 Å².